The van der Waals surface area contributed by atoms with Crippen LogP contribution in [0, 0.1) is 0 Å². The summed E-state index contributed by atoms with van der Waals surface area (Å²) in [5, 5.41) is 60.8. The number of nitrogens with one attached hydrogen (secondary N) is 1. The number of benzene rings is 1. The van der Waals surface area contributed by atoms with Gasteiger partial charge in [0.1, 0.15) is 18.3 Å². The first-order valence-electron chi connectivity index (χ1n) is 7.51. The first-order valence-corrected chi connectivity index (χ1v) is 7.51. The number of likely N-dealkylation sites (N-methyl/N-ethyl adjacent to an activating group) is 1. The van der Waals surface area contributed by atoms with Crippen LogP contribution >= 0.6 is 0 Å². The number of hydrogen-bond acceptors (Lipinski definition) is 9. The van der Waals surface area contributed by atoms with Crippen LogP contribution in [0.15, 0.2) is 18.2 Å². The fourth-order valence-electron chi connectivity index (χ4n) is 2.43. The summed E-state index contributed by atoms with van der Waals surface area (Å²) in [7, 11) is 1.65. The topological polar surface area (TPSA) is 169 Å². The lowest BCUT2D eigenvalue weighted by atomic mass is 9.99. The van der Waals surface area contributed by atoms with Crippen LogP contribution in [-0.2, 0) is 9.53 Å². The monoisotopic (exact) mass is 359 g/mol. The molecule has 10 heteroatoms. The number of carboxylic acid groups (broad SMARTS) is 1. The normalized spacial score (nSPS) is 30.7. The molecule has 0 unspecified atom stereocenters. The maximum atomic E-state index is 11.0. The van der Waals surface area contributed by atoms with Gasteiger partial charge in [0.05, 0.1) is 6.10 Å². The van der Waals surface area contributed by atoms with E-state index < -0.39 is 42.8 Å². The SMILES string of the molecule is CNC[C@H](O)c1ccc(O[C@@H]2O[C@@H](C(=O)O)[C@@H](O)[C@H](O)[C@H]2O)c(O)c1. The van der Waals surface area contributed by atoms with Gasteiger partial charge in [-0.1, -0.05) is 6.07 Å². The molecule has 0 saturated carbocycles. The molecule has 0 aliphatic carbocycles. The zero-order chi connectivity index (χ0) is 18.7. The van der Waals surface area contributed by atoms with Crippen molar-refractivity contribution in [2.24, 2.45) is 0 Å². The third-order valence-electron chi connectivity index (χ3n) is 3.82. The summed E-state index contributed by atoms with van der Waals surface area (Å²) in [6.45, 7) is 0.258. The molecule has 1 fully saturated rings. The van der Waals surface area contributed by atoms with Crippen LogP contribution in [0.2, 0.25) is 0 Å². The van der Waals surface area contributed by atoms with Crippen LogP contribution in [0.1, 0.15) is 11.7 Å². The molecular weight excluding hydrogens is 338 g/mol. The van der Waals surface area contributed by atoms with E-state index in [0.717, 1.165) is 0 Å². The van der Waals surface area contributed by atoms with Gasteiger partial charge in [-0.05, 0) is 24.7 Å². The van der Waals surface area contributed by atoms with Crippen molar-refractivity contribution in [1.82, 2.24) is 5.32 Å². The van der Waals surface area contributed by atoms with E-state index in [1.807, 2.05) is 0 Å². The number of aromatic hydroxyl groups is 1. The molecule has 6 atom stereocenters. The number of aliphatic hydroxyl groups excluding tert-OH is 4. The molecule has 0 aromatic heterocycles. The van der Waals surface area contributed by atoms with Gasteiger partial charge in [-0.25, -0.2) is 4.79 Å². The Morgan fingerprint density at radius 3 is 2.52 bits per heavy atom. The number of carboxylic acids is 1. The van der Waals surface area contributed by atoms with E-state index in [-0.39, 0.29) is 18.0 Å². The molecule has 0 spiro atoms. The van der Waals surface area contributed by atoms with Crippen LogP contribution in [0.3, 0.4) is 0 Å². The number of rotatable bonds is 6. The fourth-order valence-corrected chi connectivity index (χ4v) is 2.43. The van der Waals surface area contributed by atoms with Crippen LogP contribution in [0.25, 0.3) is 0 Å². The van der Waals surface area contributed by atoms with Gasteiger partial charge < -0.3 is 45.4 Å². The van der Waals surface area contributed by atoms with Crippen molar-refractivity contribution in [2.45, 2.75) is 36.8 Å². The summed E-state index contributed by atoms with van der Waals surface area (Å²) in [5.74, 6) is -2.07. The summed E-state index contributed by atoms with van der Waals surface area (Å²) >= 11 is 0. The van der Waals surface area contributed by atoms with Gasteiger partial charge in [-0.3, -0.25) is 0 Å². The molecule has 7 N–H and O–H groups in total. The standard InChI is InChI=1S/C15H21NO9/c1-16-5-8(18)6-2-3-9(7(17)4-6)24-15-12(21)10(19)11(20)13(25-15)14(22)23/h2-4,8,10-13,15-21H,5H2,1H3,(H,22,23)/t8-,10-,11-,12+,13+,15+/m0/s1. The lowest BCUT2D eigenvalue weighted by Gasteiger charge is -2.38. The number of aliphatic carboxylic acids is 1. The Labute approximate surface area is 142 Å². The molecular formula is C15H21NO9. The number of phenols is 1. The maximum absolute atomic E-state index is 11.0. The van der Waals surface area contributed by atoms with Crippen LogP contribution in [-0.4, -0.2) is 80.9 Å². The molecule has 0 bridgehead atoms. The van der Waals surface area contributed by atoms with E-state index >= 15 is 0 Å². The second-order valence-corrected chi connectivity index (χ2v) is 5.65. The third kappa shape index (κ3) is 4.18. The minimum absolute atomic E-state index is 0.155. The minimum atomic E-state index is -1.83. The highest BCUT2D eigenvalue weighted by Gasteiger charge is 2.48. The third-order valence-corrected chi connectivity index (χ3v) is 3.82. The highest BCUT2D eigenvalue weighted by atomic mass is 16.7. The zero-order valence-electron chi connectivity index (χ0n) is 13.3. The Morgan fingerprint density at radius 2 is 1.96 bits per heavy atom. The highest BCUT2D eigenvalue weighted by Crippen LogP contribution is 2.32. The summed E-state index contributed by atoms with van der Waals surface area (Å²) < 4.78 is 10.2. The minimum Gasteiger partial charge on any atom is -0.504 e. The van der Waals surface area contributed by atoms with Crippen LogP contribution < -0.4 is 10.1 Å². The molecule has 1 saturated heterocycles. The van der Waals surface area contributed by atoms with Crippen molar-refractivity contribution >= 4 is 5.97 Å². The largest absolute Gasteiger partial charge is 0.504 e. The van der Waals surface area contributed by atoms with E-state index in [0.29, 0.717) is 5.56 Å². The van der Waals surface area contributed by atoms with E-state index in [4.69, 9.17) is 14.6 Å². The van der Waals surface area contributed by atoms with Gasteiger partial charge in [-0.2, -0.15) is 0 Å². The molecule has 2 rings (SSSR count). The predicted molar refractivity (Wildman–Crippen MR) is 81.9 cm³/mol. The average Bonchev–Trinajstić information content (AvgIpc) is 2.56. The average molecular weight is 359 g/mol. The van der Waals surface area contributed by atoms with Crippen molar-refractivity contribution in [3.8, 4) is 11.5 Å². The van der Waals surface area contributed by atoms with Gasteiger partial charge in [0, 0.05) is 6.54 Å². The molecule has 140 valence electrons. The molecule has 1 aromatic carbocycles. The number of aliphatic hydroxyl groups is 4. The Balaban J connectivity index is 2.16. The van der Waals surface area contributed by atoms with Crippen molar-refractivity contribution in [1.29, 1.82) is 0 Å². The van der Waals surface area contributed by atoms with Gasteiger partial charge in [0.2, 0.25) is 6.29 Å². The second kappa shape index (κ2) is 7.95. The maximum Gasteiger partial charge on any atom is 0.335 e. The molecule has 1 aliphatic heterocycles. The van der Waals surface area contributed by atoms with Crippen molar-refractivity contribution in [2.75, 3.05) is 13.6 Å². The lowest BCUT2D eigenvalue weighted by molar-refractivity contribution is -0.271. The summed E-state index contributed by atoms with van der Waals surface area (Å²) in [4.78, 5) is 11.0. The zero-order valence-corrected chi connectivity index (χ0v) is 13.3. The first kappa shape index (κ1) is 19.4. The van der Waals surface area contributed by atoms with Gasteiger partial charge in [0.25, 0.3) is 0 Å². The quantitative estimate of drug-likeness (QED) is 0.299. The van der Waals surface area contributed by atoms with Crippen molar-refractivity contribution in [3.63, 3.8) is 0 Å². The molecule has 0 amide bonds. The van der Waals surface area contributed by atoms with E-state index in [1.54, 1.807) is 7.05 Å². The first-order chi connectivity index (χ1) is 11.8. The fraction of sp³-hybridized carbons (Fsp3) is 0.533. The van der Waals surface area contributed by atoms with E-state index in [1.165, 1.54) is 18.2 Å². The van der Waals surface area contributed by atoms with E-state index in [9.17, 15) is 30.3 Å². The van der Waals surface area contributed by atoms with Crippen molar-refractivity contribution < 1.29 is 44.9 Å². The van der Waals surface area contributed by atoms with Gasteiger partial charge in [-0.15, -0.1) is 0 Å². The Kier molecular flexibility index (Phi) is 6.16. The Morgan fingerprint density at radius 1 is 1.28 bits per heavy atom. The lowest BCUT2D eigenvalue weighted by Crippen LogP contribution is -2.61. The Hall–Kier alpha value is -1.95. The molecule has 1 aromatic rings. The Bertz CT molecular complexity index is 611. The van der Waals surface area contributed by atoms with Gasteiger partial charge >= 0.3 is 5.97 Å². The number of hydrogen-bond donors (Lipinski definition) is 7. The number of ether oxygens (including phenoxy) is 2. The molecule has 1 heterocycles. The predicted octanol–water partition coefficient (Wildman–Crippen LogP) is -2.08. The number of phenolic OH excluding ortho intramolecular Hbond substituents is 1. The van der Waals surface area contributed by atoms with Crippen molar-refractivity contribution in [3.05, 3.63) is 23.8 Å². The van der Waals surface area contributed by atoms with Crippen LogP contribution in [0.5, 0.6) is 11.5 Å². The second-order valence-electron chi connectivity index (χ2n) is 5.65. The number of carbonyl (C=O) groups is 1. The molecule has 25 heavy (non-hydrogen) atoms. The summed E-state index contributed by atoms with van der Waals surface area (Å²) in [6.07, 6.45) is -9.67. The smallest absolute Gasteiger partial charge is 0.335 e. The van der Waals surface area contributed by atoms with Crippen LogP contribution in [0.4, 0.5) is 0 Å². The summed E-state index contributed by atoms with van der Waals surface area (Å²) in [6, 6.07) is 4.01. The molecule has 0 radical (unpaired) electrons. The summed E-state index contributed by atoms with van der Waals surface area (Å²) in [5.41, 5.74) is 0.406. The van der Waals surface area contributed by atoms with Gasteiger partial charge in [0.15, 0.2) is 17.6 Å². The molecule has 1 aliphatic rings. The van der Waals surface area contributed by atoms with E-state index in [2.05, 4.69) is 5.32 Å². The molecule has 10 nitrogen and oxygen atoms in total. The highest BCUT2D eigenvalue weighted by molar-refractivity contribution is 5.73.